The second kappa shape index (κ2) is 14.3. The Balaban J connectivity index is 2.10. The van der Waals surface area contributed by atoms with Gasteiger partial charge < -0.3 is 15.0 Å². The number of nitrogens with zero attached hydrogens (tertiary/aromatic N) is 1. The van der Waals surface area contributed by atoms with E-state index >= 15 is 0 Å². The van der Waals surface area contributed by atoms with Crippen LogP contribution in [-0.4, -0.2) is 48.2 Å². The lowest BCUT2D eigenvalue weighted by Crippen LogP contribution is -2.53. The van der Waals surface area contributed by atoms with E-state index in [0.717, 1.165) is 42.4 Å². The van der Waals surface area contributed by atoms with Crippen LogP contribution >= 0.6 is 0 Å². The van der Waals surface area contributed by atoms with Crippen LogP contribution in [0.2, 0.25) is 0 Å². The van der Waals surface area contributed by atoms with E-state index < -0.39 is 17.7 Å². The van der Waals surface area contributed by atoms with Gasteiger partial charge in [-0.05, 0) is 75.3 Å². The van der Waals surface area contributed by atoms with E-state index in [2.05, 4.69) is 67.0 Å². The number of ether oxygens (including phenoxy) is 1. The number of rotatable bonds is 13. The predicted molar refractivity (Wildman–Crippen MR) is 152 cm³/mol. The fraction of sp³-hybridized carbons (Fsp3) is 0.600. The van der Waals surface area contributed by atoms with Crippen LogP contribution in [0.5, 0.6) is 0 Å². The van der Waals surface area contributed by atoms with Crippen LogP contribution in [0.15, 0.2) is 42.5 Å². The molecule has 1 unspecified atom stereocenters. The summed E-state index contributed by atoms with van der Waals surface area (Å²) in [5.41, 5.74) is 5.95. The van der Waals surface area contributed by atoms with Crippen molar-refractivity contribution in [3.8, 4) is 0 Å². The second-order valence-electron chi connectivity index (χ2n) is 11.8. The van der Waals surface area contributed by atoms with Gasteiger partial charge in [0.1, 0.15) is 11.6 Å². The maximum atomic E-state index is 13.4. The number of carbonyl (C=O) groups is 2. The summed E-state index contributed by atoms with van der Waals surface area (Å²) in [7, 11) is 0. The summed E-state index contributed by atoms with van der Waals surface area (Å²) in [5, 5.41) is 5.41. The number of hydrogen-bond acceptors (Lipinski definition) is 5. The number of amides is 2. The van der Waals surface area contributed by atoms with Crippen molar-refractivity contribution in [1.82, 2.24) is 21.1 Å². The molecule has 0 aliphatic heterocycles. The number of benzene rings is 2. The van der Waals surface area contributed by atoms with Gasteiger partial charge >= 0.3 is 6.09 Å². The highest BCUT2D eigenvalue weighted by molar-refractivity contribution is 5.87. The number of hydrogen-bond donors (Lipinski definition) is 3. The normalized spacial score (nSPS) is 13.7. The summed E-state index contributed by atoms with van der Waals surface area (Å²) >= 11 is 0. The van der Waals surface area contributed by atoms with Crippen LogP contribution in [0.1, 0.15) is 79.8 Å². The lowest BCUT2D eigenvalue weighted by atomic mass is 9.99. The monoisotopic (exact) mass is 512 g/mol. The molecule has 0 fully saturated rings. The topological polar surface area (TPSA) is 82.7 Å². The Bertz CT molecular complexity index is 984. The SMILES string of the molecule is CC(C)CN(CCCC(NNC(=O)OC(C)(C)C)C(=O)N[C@@H](C)c1cccc2ccccc12)CC(C)C. The average Bonchev–Trinajstić information content (AvgIpc) is 2.78. The summed E-state index contributed by atoms with van der Waals surface area (Å²) in [4.78, 5) is 28.1. The van der Waals surface area contributed by atoms with Crippen molar-refractivity contribution in [2.75, 3.05) is 19.6 Å². The third-order valence-corrected chi connectivity index (χ3v) is 5.93. The maximum absolute atomic E-state index is 13.4. The Morgan fingerprint density at radius 3 is 2.16 bits per heavy atom. The molecule has 2 aromatic carbocycles. The van der Waals surface area contributed by atoms with Crippen molar-refractivity contribution >= 4 is 22.8 Å². The molecule has 2 atom stereocenters. The Kier molecular flexibility index (Phi) is 11.9. The summed E-state index contributed by atoms with van der Waals surface area (Å²) in [6.07, 6.45) is 0.799. The first-order chi connectivity index (χ1) is 17.4. The van der Waals surface area contributed by atoms with E-state index in [4.69, 9.17) is 4.74 Å². The first-order valence-corrected chi connectivity index (χ1v) is 13.6. The number of nitrogens with one attached hydrogen (secondary N) is 3. The van der Waals surface area contributed by atoms with E-state index in [1.54, 1.807) is 20.8 Å². The zero-order valence-electron chi connectivity index (χ0n) is 24.1. The molecular weight excluding hydrogens is 464 g/mol. The van der Waals surface area contributed by atoms with Gasteiger partial charge in [0.15, 0.2) is 0 Å². The third kappa shape index (κ3) is 11.1. The van der Waals surface area contributed by atoms with Crippen LogP contribution in [0.25, 0.3) is 10.8 Å². The minimum Gasteiger partial charge on any atom is -0.443 e. The van der Waals surface area contributed by atoms with Gasteiger partial charge in [0, 0.05) is 13.1 Å². The molecule has 7 nitrogen and oxygen atoms in total. The van der Waals surface area contributed by atoms with E-state index in [9.17, 15) is 9.59 Å². The fourth-order valence-electron chi connectivity index (χ4n) is 4.55. The van der Waals surface area contributed by atoms with Gasteiger partial charge in [0.25, 0.3) is 0 Å². The Morgan fingerprint density at radius 1 is 0.919 bits per heavy atom. The molecule has 2 aromatic rings. The van der Waals surface area contributed by atoms with E-state index in [1.165, 1.54) is 0 Å². The first-order valence-electron chi connectivity index (χ1n) is 13.6. The molecular formula is C30H48N4O3. The molecule has 206 valence electrons. The average molecular weight is 513 g/mol. The van der Waals surface area contributed by atoms with Crippen LogP contribution in [0.4, 0.5) is 4.79 Å². The molecule has 0 aromatic heterocycles. The summed E-state index contributed by atoms with van der Waals surface area (Å²) in [6, 6.07) is 13.5. The largest absolute Gasteiger partial charge is 0.443 e. The second-order valence-corrected chi connectivity index (χ2v) is 11.8. The molecule has 0 aliphatic rings. The standard InChI is InChI=1S/C30H48N4O3/c1-21(2)19-34(20-22(3)4)18-12-17-27(32-33-29(36)37-30(6,7)8)28(35)31-23(5)25-16-11-14-24-13-9-10-15-26(24)25/h9-11,13-16,21-23,27,32H,12,17-20H2,1-8H3,(H,31,35)(H,33,36)/t23-,27?/m0/s1. The molecule has 0 spiro atoms. The molecule has 3 N–H and O–H groups in total. The number of fused-ring (bicyclic) bond motifs is 1. The first kappa shape index (κ1) is 30.6. The Morgan fingerprint density at radius 2 is 1.54 bits per heavy atom. The predicted octanol–water partition coefficient (Wildman–Crippen LogP) is 5.81. The summed E-state index contributed by atoms with van der Waals surface area (Å²) < 4.78 is 5.34. The lowest BCUT2D eigenvalue weighted by molar-refractivity contribution is -0.124. The van der Waals surface area contributed by atoms with Gasteiger partial charge in [0.05, 0.1) is 6.04 Å². The van der Waals surface area contributed by atoms with Gasteiger partial charge in [-0.15, -0.1) is 0 Å². The quantitative estimate of drug-likeness (QED) is 0.295. The highest BCUT2D eigenvalue weighted by Crippen LogP contribution is 2.24. The Hall–Kier alpha value is -2.64. The molecule has 0 saturated carbocycles. The van der Waals surface area contributed by atoms with Crippen molar-refractivity contribution in [1.29, 1.82) is 0 Å². The smallest absolute Gasteiger partial charge is 0.422 e. The van der Waals surface area contributed by atoms with Crippen molar-refractivity contribution < 1.29 is 14.3 Å². The molecule has 2 amide bonds. The van der Waals surface area contributed by atoms with Crippen molar-refractivity contribution in [3.63, 3.8) is 0 Å². The zero-order chi connectivity index (χ0) is 27.6. The highest BCUT2D eigenvalue weighted by Gasteiger charge is 2.24. The molecule has 0 bridgehead atoms. The van der Waals surface area contributed by atoms with Crippen LogP contribution in [0, 0.1) is 11.8 Å². The molecule has 0 saturated heterocycles. The van der Waals surface area contributed by atoms with Crippen LogP contribution in [-0.2, 0) is 9.53 Å². The third-order valence-electron chi connectivity index (χ3n) is 5.93. The van der Waals surface area contributed by atoms with Crippen LogP contribution in [0.3, 0.4) is 0 Å². The number of hydrazine groups is 1. The van der Waals surface area contributed by atoms with E-state index in [-0.39, 0.29) is 11.9 Å². The lowest BCUT2D eigenvalue weighted by Gasteiger charge is -2.27. The van der Waals surface area contributed by atoms with Crippen LogP contribution < -0.4 is 16.2 Å². The molecule has 37 heavy (non-hydrogen) atoms. The van der Waals surface area contributed by atoms with Gasteiger partial charge in [0.2, 0.25) is 5.91 Å². The molecule has 2 rings (SSSR count). The summed E-state index contributed by atoms with van der Waals surface area (Å²) in [6.45, 7) is 19.3. The molecule has 0 aliphatic carbocycles. The minimum absolute atomic E-state index is 0.157. The van der Waals surface area contributed by atoms with Crippen molar-refractivity contribution in [2.24, 2.45) is 11.8 Å². The molecule has 0 radical (unpaired) electrons. The van der Waals surface area contributed by atoms with Gasteiger partial charge in [-0.3, -0.25) is 10.2 Å². The zero-order valence-corrected chi connectivity index (χ0v) is 24.1. The molecule has 7 heteroatoms. The minimum atomic E-state index is -0.624. The highest BCUT2D eigenvalue weighted by atomic mass is 16.6. The summed E-state index contributed by atoms with van der Waals surface area (Å²) in [5.74, 6) is 0.994. The van der Waals surface area contributed by atoms with Crippen molar-refractivity contribution in [3.05, 3.63) is 48.0 Å². The number of carbonyl (C=O) groups excluding carboxylic acids is 2. The van der Waals surface area contributed by atoms with Gasteiger partial charge in [-0.2, -0.15) is 0 Å². The fourth-order valence-corrected chi connectivity index (χ4v) is 4.55. The van der Waals surface area contributed by atoms with E-state index in [1.807, 2.05) is 31.2 Å². The Labute approximate surface area is 223 Å². The van der Waals surface area contributed by atoms with Gasteiger partial charge in [-0.25, -0.2) is 10.2 Å². The molecule has 0 heterocycles. The van der Waals surface area contributed by atoms with E-state index in [0.29, 0.717) is 18.3 Å². The van der Waals surface area contributed by atoms with Gasteiger partial charge in [-0.1, -0.05) is 70.2 Å². The maximum Gasteiger partial charge on any atom is 0.422 e. The van der Waals surface area contributed by atoms with Crippen molar-refractivity contribution in [2.45, 2.75) is 85.9 Å².